The molecule has 2 unspecified atom stereocenters. The SMILES string of the molecule is NC1CC(Oc2ccc(Br)cc2Cl)C12CCCC2. The van der Waals surface area contributed by atoms with Crippen LogP contribution in [0.15, 0.2) is 22.7 Å². The molecule has 1 spiro atoms. The third-order valence-electron chi connectivity index (χ3n) is 4.55. The van der Waals surface area contributed by atoms with E-state index in [0.29, 0.717) is 11.1 Å². The zero-order valence-corrected chi connectivity index (χ0v) is 12.5. The van der Waals surface area contributed by atoms with Crippen molar-refractivity contribution >= 4 is 27.5 Å². The summed E-state index contributed by atoms with van der Waals surface area (Å²) >= 11 is 9.60. The zero-order chi connectivity index (χ0) is 12.8. The van der Waals surface area contributed by atoms with Crippen molar-refractivity contribution in [3.8, 4) is 5.75 Å². The highest BCUT2D eigenvalue weighted by Gasteiger charge is 2.56. The van der Waals surface area contributed by atoms with E-state index in [0.717, 1.165) is 16.6 Å². The molecular formula is C14H17BrClNO. The van der Waals surface area contributed by atoms with Crippen molar-refractivity contribution in [1.82, 2.24) is 0 Å². The van der Waals surface area contributed by atoms with E-state index in [-0.39, 0.29) is 11.5 Å². The molecule has 1 aromatic carbocycles. The van der Waals surface area contributed by atoms with Crippen LogP contribution in [0.2, 0.25) is 5.02 Å². The summed E-state index contributed by atoms with van der Waals surface area (Å²) < 4.78 is 7.08. The summed E-state index contributed by atoms with van der Waals surface area (Å²) in [6.45, 7) is 0. The van der Waals surface area contributed by atoms with Crippen LogP contribution in [-0.2, 0) is 0 Å². The molecule has 3 rings (SSSR count). The molecule has 2 atom stereocenters. The molecule has 98 valence electrons. The van der Waals surface area contributed by atoms with Gasteiger partial charge >= 0.3 is 0 Å². The quantitative estimate of drug-likeness (QED) is 0.884. The normalized spacial score (nSPS) is 29.3. The second-order valence-corrected chi connectivity index (χ2v) is 6.79. The van der Waals surface area contributed by atoms with Crippen molar-refractivity contribution in [2.45, 2.75) is 44.2 Å². The predicted molar refractivity (Wildman–Crippen MR) is 77.1 cm³/mol. The monoisotopic (exact) mass is 329 g/mol. The zero-order valence-electron chi connectivity index (χ0n) is 10.2. The van der Waals surface area contributed by atoms with E-state index in [4.69, 9.17) is 22.1 Å². The number of hydrogen-bond donors (Lipinski definition) is 1. The van der Waals surface area contributed by atoms with Crippen LogP contribution in [-0.4, -0.2) is 12.1 Å². The van der Waals surface area contributed by atoms with E-state index in [9.17, 15) is 0 Å². The van der Waals surface area contributed by atoms with Crippen LogP contribution < -0.4 is 10.5 Å². The second kappa shape index (κ2) is 4.69. The standard InChI is InChI=1S/C14H17BrClNO/c15-9-3-4-11(10(16)7-9)18-13-8-12(17)14(13)5-1-2-6-14/h3-4,7,12-13H,1-2,5-6,8,17H2. The van der Waals surface area contributed by atoms with Gasteiger partial charge in [-0.15, -0.1) is 0 Å². The van der Waals surface area contributed by atoms with Crippen molar-refractivity contribution in [1.29, 1.82) is 0 Å². The maximum atomic E-state index is 6.20. The maximum absolute atomic E-state index is 6.20. The Morgan fingerprint density at radius 2 is 2.06 bits per heavy atom. The molecule has 18 heavy (non-hydrogen) atoms. The van der Waals surface area contributed by atoms with Crippen LogP contribution in [0, 0.1) is 5.41 Å². The highest BCUT2D eigenvalue weighted by Crippen LogP contribution is 2.54. The number of rotatable bonds is 2. The first-order chi connectivity index (χ1) is 8.62. The Hall–Kier alpha value is -0.250. The molecule has 0 bridgehead atoms. The van der Waals surface area contributed by atoms with Gasteiger partial charge < -0.3 is 10.5 Å². The second-order valence-electron chi connectivity index (χ2n) is 5.46. The van der Waals surface area contributed by atoms with Crippen LogP contribution in [0.5, 0.6) is 5.75 Å². The predicted octanol–water partition coefficient (Wildman–Crippen LogP) is 4.14. The van der Waals surface area contributed by atoms with E-state index in [1.807, 2.05) is 18.2 Å². The molecule has 2 nitrogen and oxygen atoms in total. The third kappa shape index (κ3) is 1.97. The average Bonchev–Trinajstić information content (AvgIpc) is 2.83. The minimum absolute atomic E-state index is 0.219. The summed E-state index contributed by atoms with van der Waals surface area (Å²) in [5.41, 5.74) is 6.42. The number of benzene rings is 1. The minimum Gasteiger partial charge on any atom is -0.488 e. The van der Waals surface area contributed by atoms with Gasteiger partial charge in [-0.2, -0.15) is 0 Å². The average molecular weight is 331 g/mol. The van der Waals surface area contributed by atoms with Crippen LogP contribution >= 0.6 is 27.5 Å². The van der Waals surface area contributed by atoms with Crippen LogP contribution in [0.25, 0.3) is 0 Å². The Morgan fingerprint density at radius 1 is 1.33 bits per heavy atom. The first-order valence-corrected chi connectivity index (χ1v) is 7.66. The van der Waals surface area contributed by atoms with E-state index in [2.05, 4.69) is 15.9 Å². The number of halogens is 2. The molecular weight excluding hydrogens is 314 g/mol. The lowest BCUT2D eigenvalue weighted by molar-refractivity contribution is -0.0619. The largest absolute Gasteiger partial charge is 0.488 e. The summed E-state index contributed by atoms with van der Waals surface area (Å²) in [5, 5.41) is 0.665. The Balaban J connectivity index is 1.77. The van der Waals surface area contributed by atoms with E-state index in [1.54, 1.807) is 0 Å². The van der Waals surface area contributed by atoms with Gasteiger partial charge in [0, 0.05) is 22.4 Å². The van der Waals surface area contributed by atoms with Crippen molar-refractivity contribution in [2.24, 2.45) is 11.1 Å². The molecule has 2 N–H and O–H groups in total. The molecule has 2 saturated carbocycles. The van der Waals surface area contributed by atoms with Crippen LogP contribution in [0.4, 0.5) is 0 Å². The molecule has 0 saturated heterocycles. The fourth-order valence-corrected chi connectivity index (χ4v) is 4.11. The van der Waals surface area contributed by atoms with Crippen molar-refractivity contribution < 1.29 is 4.74 Å². The van der Waals surface area contributed by atoms with Crippen molar-refractivity contribution in [2.75, 3.05) is 0 Å². The van der Waals surface area contributed by atoms with E-state index >= 15 is 0 Å². The number of ether oxygens (including phenoxy) is 1. The molecule has 2 aliphatic carbocycles. The Labute approximate surface area is 121 Å². The first kappa shape index (κ1) is 12.8. The summed E-state index contributed by atoms with van der Waals surface area (Å²) in [4.78, 5) is 0. The lowest BCUT2D eigenvalue weighted by Gasteiger charge is -2.52. The molecule has 0 aliphatic heterocycles. The molecule has 0 heterocycles. The van der Waals surface area contributed by atoms with Crippen molar-refractivity contribution in [3.63, 3.8) is 0 Å². The Bertz CT molecular complexity index is 459. The van der Waals surface area contributed by atoms with E-state index < -0.39 is 0 Å². The highest BCUT2D eigenvalue weighted by atomic mass is 79.9. The Kier molecular flexibility index (Phi) is 3.33. The minimum atomic E-state index is 0.219. The molecule has 0 amide bonds. The van der Waals surface area contributed by atoms with Gasteiger partial charge in [-0.25, -0.2) is 0 Å². The van der Waals surface area contributed by atoms with Gasteiger partial charge in [0.1, 0.15) is 11.9 Å². The van der Waals surface area contributed by atoms with Crippen molar-refractivity contribution in [3.05, 3.63) is 27.7 Å². The van der Waals surface area contributed by atoms with Gasteiger partial charge in [0.05, 0.1) is 5.02 Å². The summed E-state index contributed by atoms with van der Waals surface area (Å²) in [6, 6.07) is 6.07. The number of nitrogens with two attached hydrogens (primary N) is 1. The topological polar surface area (TPSA) is 35.2 Å². The van der Waals surface area contributed by atoms with Crippen LogP contribution in [0.3, 0.4) is 0 Å². The smallest absolute Gasteiger partial charge is 0.138 e. The number of hydrogen-bond acceptors (Lipinski definition) is 2. The summed E-state index contributed by atoms with van der Waals surface area (Å²) in [7, 11) is 0. The lowest BCUT2D eigenvalue weighted by atomic mass is 9.61. The summed E-state index contributed by atoms with van der Waals surface area (Å²) in [5.74, 6) is 0.781. The Morgan fingerprint density at radius 3 is 2.67 bits per heavy atom. The van der Waals surface area contributed by atoms with Gasteiger partial charge in [-0.1, -0.05) is 40.4 Å². The fraction of sp³-hybridized carbons (Fsp3) is 0.571. The van der Waals surface area contributed by atoms with Crippen LogP contribution in [0.1, 0.15) is 32.1 Å². The molecule has 1 aromatic rings. The molecule has 4 heteroatoms. The lowest BCUT2D eigenvalue weighted by Crippen LogP contribution is -2.62. The summed E-state index contributed by atoms with van der Waals surface area (Å²) in [6.07, 6.45) is 6.16. The van der Waals surface area contributed by atoms with Gasteiger partial charge in [0.15, 0.2) is 0 Å². The fourth-order valence-electron chi connectivity index (χ4n) is 3.39. The van der Waals surface area contributed by atoms with Gasteiger partial charge in [0.25, 0.3) is 0 Å². The molecule has 0 radical (unpaired) electrons. The highest BCUT2D eigenvalue weighted by molar-refractivity contribution is 9.10. The van der Waals surface area contributed by atoms with Gasteiger partial charge in [0.2, 0.25) is 0 Å². The maximum Gasteiger partial charge on any atom is 0.138 e. The van der Waals surface area contributed by atoms with Gasteiger partial charge in [-0.3, -0.25) is 0 Å². The molecule has 2 aliphatic rings. The van der Waals surface area contributed by atoms with E-state index in [1.165, 1.54) is 25.7 Å². The third-order valence-corrected chi connectivity index (χ3v) is 5.33. The molecule has 0 aromatic heterocycles. The first-order valence-electron chi connectivity index (χ1n) is 6.49. The van der Waals surface area contributed by atoms with Gasteiger partial charge in [-0.05, 0) is 31.0 Å². The molecule has 2 fully saturated rings.